The van der Waals surface area contributed by atoms with Gasteiger partial charge in [-0.25, -0.2) is 4.98 Å². The normalized spacial score (nSPS) is 10.6. The van der Waals surface area contributed by atoms with Crippen LogP contribution in [0.15, 0.2) is 40.2 Å². The van der Waals surface area contributed by atoms with Crippen LogP contribution in [0.4, 0.5) is 5.13 Å². The number of anilines is 1. The van der Waals surface area contributed by atoms with Crippen LogP contribution in [-0.2, 0) is 4.79 Å². The summed E-state index contributed by atoms with van der Waals surface area (Å²) in [7, 11) is 0. The van der Waals surface area contributed by atoms with Crippen molar-refractivity contribution in [1.82, 2.24) is 10.3 Å². The molecule has 0 fully saturated rings. The summed E-state index contributed by atoms with van der Waals surface area (Å²) in [6.45, 7) is -0.0930. The van der Waals surface area contributed by atoms with Gasteiger partial charge in [-0.2, -0.15) is 0 Å². The Balaban J connectivity index is 1.57. The quantitative estimate of drug-likeness (QED) is 0.709. The maximum atomic E-state index is 11.9. The molecule has 0 aliphatic carbocycles. The summed E-state index contributed by atoms with van der Waals surface area (Å²) in [5, 5.41) is 5.80. The molecule has 5 nitrogen and oxygen atoms in total. The minimum absolute atomic E-state index is 0.0930. The van der Waals surface area contributed by atoms with Gasteiger partial charge in [0.15, 0.2) is 5.13 Å². The number of nitrogens with one attached hydrogen (secondary N) is 2. The van der Waals surface area contributed by atoms with Gasteiger partial charge >= 0.3 is 0 Å². The number of benzene rings is 1. The molecule has 8 heteroatoms. The van der Waals surface area contributed by atoms with Crippen molar-refractivity contribution in [3.63, 3.8) is 0 Å². The van der Waals surface area contributed by atoms with Crippen LogP contribution in [0, 0.1) is 0 Å². The van der Waals surface area contributed by atoms with Gasteiger partial charge in [-0.15, -0.1) is 11.3 Å². The number of aromatic nitrogens is 1. The average Bonchev–Trinajstić information content (AvgIpc) is 3.10. The van der Waals surface area contributed by atoms with E-state index in [2.05, 4.69) is 31.5 Å². The molecular formula is C14H10BrN3O2S2. The maximum Gasteiger partial charge on any atom is 0.261 e. The van der Waals surface area contributed by atoms with Crippen LogP contribution >= 0.6 is 38.6 Å². The first-order chi connectivity index (χ1) is 10.6. The number of thiophene rings is 1. The van der Waals surface area contributed by atoms with Crippen LogP contribution in [0.2, 0.25) is 0 Å². The van der Waals surface area contributed by atoms with E-state index < -0.39 is 0 Å². The zero-order valence-corrected chi connectivity index (χ0v) is 14.3. The monoisotopic (exact) mass is 395 g/mol. The molecule has 0 unspecified atom stereocenters. The fourth-order valence-corrected chi connectivity index (χ4v) is 3.96. The highest BCUT2D eigenvalue weighted by Crippen LogP contribution is 2.25. The number of nitrogens with zero attached hydrogens (tertiary/aromatic N) is 1. The van der Waals surface area contributed by atoms with Crippen molar-refractivity contribution in [2.24, 2.45) is 0 Å². The highest BCUT2D eigenvalue weighted by Gasteiger charge is 2.11. The molecule has 2 aromatic heterocycles. The lowest BCUT2D eigenvalue weighted by Crippen LogP contribution is -2.32. The predicted octanol–water partition coefficient (Wildman–Crippen LogP) is 3.49. The molecule has 2 heterocycles. The predicted molar refractivity (Wildman–Crippen MR) is 92.6 cm³/mol. The third-order valence-electron chi connectivity index (χ3n) is 2.75. The van der Waals surface area contributed by atoms with Crippen LogP contribution in [0.3, 0.4) is 0 Å². The summed E-state index contributed by atoms with van der Waals surface area (Å²) in [6.07, 6.45) is 0. The molecule has 0 saturated carbocycles. The highest BCUT2D eigenvalue weighted by atomic mass is 79.9. The second-order valence-corrected chi connectivity index (χ2v) is 7.82. The highest BCUT2D eigenvalue weighted by molar-refractivity contribution is 9.11. The minimum Gasteiger partial charge on any atom is -0.342 e. The Bertz CT molecular complexity index is 810. The number of hydrogen-bond donors (Lipinski definition) is 2. The van der Waals surface area contributed by atoms with Crippen LogP contribution in [-0.4, -0.2) is 23.3 Å². The molecule has 0 saturated heterocycles. The van der Waals surface area contributed by atoms with Crippen LogP contribution < -0.4 is 10.6 Å². The van der Waals surface area contributed by atoms with Gasteiger partial charge in [-0.05, 0) is 40.2 Å². The van der Waals surface area contributed by atoms with Gasteiger partial charge in [0.1, 0.15) is 0 Å². The first-order valence-corrected chi connectivity index (χ1v) is 8.73. The third kappa shape index (κ3) is 3.52. The first kappa shape index (κ1) is 15.1. The van der Waals surface area contributed by atoms with Crippen LogP contribution in [0.5, 0.6) is 0 Å². The number of thiazole rings is 1. The summed E-state index contributed by atoms with van der Waals surface area (Å²) in [5.41, 5.74) is 0.843. The molecule has 2 N–H and O–H groups in total. The third-order valence-corrected chi connectivity index (χ3v) is 5.32. The molecular weight excluding hydrogens is 386 g/mol. The van der Waals surface area contributed by atoms with E-state index in [4.69, 9.17) is 0 Å². The van der Waals surface area contributed by atoms with E-state index >= 15 is 0 Å². The number of fused-ring (bicyclic) bond motifs is 1. The van der Waals surface area contributed by atoms with Gasteiger partial charge in [0, 0.05) is 0 Å². The Hall–Kier alpha value is -1.77. The van der Waals surface area contributed by atoms with Crippen LogP contribution in [0.25, 0.3) is 10.2 Å². The number of para-hydroxylation sites is 1. The summed E-state index contributed by atoms with van der Waals surface area (Å²) >= 11 is 6.01. The van der Waals surface area contributed by atoms with Crippen molar-refractivity contribution in [2.45, 2.75) is 0 Å². The molecule has 2 amide bonds. The molecule has 3 aromatic rings. The molecule has 1 aromatic carbocycles. The van der Waals surface area contributed by atoms with Gasteiger partial charge in [0.2, 0.25) is 5.91 Å². The second kappa shape index (κ2) is 6.55. The SMILES string of the molecule is O=C(CNC(=O)c1ccc(Br)s1)Nc1nc2ccccc2s1. The van der Waals surface area contributed by atoms with Gasteiger partial charge in [0.05, 0.1) is 25.4 Å². The van der Waals surface area contributed by atoms with Crippen molar-refractivity contribution in [1.29, 1.82) is 0 Å². The molecule has 0 bridgehead atoms. The summed E-state index contributed by atoms with van der Waals surface area (Å²) in [5.74, 6) is -0.571. The summed E-state index contributed by atoms with van der Waals surface area (Å²) < 4.78 is 1.88. The number of carbonyl (C=O) groups excluding carboxylic acids is 2. The smallest absolute Gasteiger partial charge is 0.261 e. The van der Waals surface area contributed by atoms with E-state index in [1.807, 2.05) is 24.3 Å². The number of hydrogen-bond acceptors (Lipinski definition) is 5. The minimum atomic E-state index is -0.303. The van der Waals surface area contributed by atoms with Crippen molar-refractivity contribution in [3.8, 4) is 0 Å². The van der Waals surface area contributed by atoms with Crippen molar-refractivity contribution < 1.29 is 9.59 Å². The van der Waals surface area contributed by atoms with E-state index in [0.29, 0.717) is 10.0 Å². The number of halogens is 1. The maximum absolute atomic E-state index is 11.9. The Morgan fingerprint density at radius 3 is 2.68 bits per heavy atom. The van der Waals surface area contributed by atoms with Gasteiger partial charge in [-0.3, -0.25) is 9.59 Å². The molecule has 112 valence electrons. The molecule has 0 aliphatic heterocycles. The Morgan fingerprint density at radius 2 is 1.95 bits per heavy atom. The average molecular weight is 396 g/mol. The summed E-state index contributed by atoms with van der Waals surface area (Å²) in [6, 6.07) is 11.1. The fourth-order valence-electron chi connectivity index (χ4n) is 1.77. The Kier molecular flexibility index (Phi) is 4.51. The van der Waals surface area contributed by atoms with Gasteiger partial charge < -0.3 is 10.6 Å². The number of rotatable bonds is 4. The molecule has 3 rings (SSSR count). The Morgan fingerprint density at radius 1 is 1.14 bits per heavy atom. The topological polar surface area (TPSA) is 71.1 Å². The van der Waals surface area contributed by atoms with Crippen molar-refractivity contribution in [2.75, 3.05) is 11.9 Å². The largest absolute Gasteiger partial charge is 0.342 e. The Labute approximate surface area is 142 Å². The molecule has 0 radical (unpaired) electrons. The van der Waals surface area contributed by atoms with Crippen molar-refractivity contribution in [3.05, 3.63) is 45.1 Å². The van der Waals surface area contributed by atoms with E-state index in [9.17, 15) is 9.59 Å². The van der Waals surface area contributed by atoms with E-state index in [-0.39, 0.29) is 18.4 Å². The molecule has 22 heavy (non-hydrogen) atoms. The van der Waals surface area contributed by atoms with Gasteiger partial charge in [-0.1, -0.05) is 23.5 Å². The lowest BCUT2D eigenvalue weighted by Gasteiger charge is -2.03. The molecule has 0 atom stereocenters. The van der Waals surface area contributed by atoms with Gasteiger partial charge in [0.25, 0.3) is 5.91 Å². The van der Waals surface area contributed by atoms with Crippen molar-refractivity contribution >= 4 is 65.8 Å². The van der Waals surface area contributed by atoms with E-state index in [1.54, 1.807) is 12.1 Å². The zero-order valence-electron chi connectivity index (χ0n) is 11.1. The number of carbonyl (C=O) groups is 2. The summed E-state index contributed by atoms with van der Waals surface area (Å²) in [4.78, 5) is 28.6. The van der Waals surface area contributed by atoms with E-state index in [0.717, 1.165) is 14.0 Å². The van der Waals surface area contributed by atoms with E-state index in [1.165, 1.54) is 22.7 Å². The standard InChI is InChI=1S/C14H10BrN3O2S2/c15-11-6-5-10(21-11)13(20)16-7-12(19)18-14-17-8-3-1-2-4-9(8)22-14/h1-6H,7H2,(H,16,20)(H,17,18,19). The number of amides is 2. The lowest BCUT2D eigenvalue weighted by molar-refractivity contribution is -0.115. The van der Waals surface area contributed by atoms with Crippen LogP contribution in [0.1, 0.15) is 9.67 Å². The first-order valence-electron chi connectivity index (χ1n) is 6.31. The fraction of sp³-hybridized carbons (Fsp3) is 0.0714. The second-order valence-electron chi connectivity index (χ2n) is 4.32. The molecule has 0 aliphatic rings. The molecule has 0 spiro atoms. The lowest BCUT2D eigenvalue weighted by atomic mass is 10.3. The zero-order chi connectivity index (χ0) is 15.5.